The van der Waals surface area contributed by atoms with Crippen LogP contribution in [0.5, 0.6) is 5.75 Å². The van der Waals surface area contributed by atoms with Crippen LogP contribution in [0.15, 0.2) is 36.4 Å². The summed E-state index contributed by atoms with van der Waals surface area (Å²) in [7, 11) is 0. The molecule has 0 saturated heterocycles. The summed E-state index contributed by atoms with van der Waals surface area (Å²) in [6, 6.07) is 7.91. The smallest absolute Gasteiger partial charge is 0.150 e. The van der Waals surface area contributed by atoms with Gasteiger partial charge in [0.2, 0.25) is 0 Å². The van der Waals surface area contributed by atoms with Crippen LogP contribution in [0.4, 0.5) is 8.78 Å². The van der Waals surface area contributed by atoms with Crippen molar-refractivity contribution >= 4 is 17.9 Å². The fourth-order valence-electron chi connectivity index (χ4n) is 1.53. The number of ether oxygens (including phenoxy) is 1. The molecule has 0 fully saturated rings. The Bertz CT molecular complexity index is 614. The molecule has 0 aromatic heterocycles. The molecule has 2 rings (SSSR count). The first kappa shape index (κ1) is 13.5. The maximum atomic E-state index is 13.2. The first-order valence-electron chi connectivity index (χ1n) is 5.41. The first-order chi connectivity index (χ1) is 9.08. The second-order valence-electron chi connectivity index (χ2n) is 3.88. The maximum Gasteiger partial charge on any atom is 0.150 e. The van der Waals surface area contributed by atoms with Gasteiger partial charge in [0.05, 0.1) is 5.02 Å². The monoisotopic (exact) mass is 282 g/mol. The van der Waals surface area contributed by atoms with Crippen molar-refractivity contribution in [1.29, 1.82) is 0 Å². The third-order valence-corrected chi connectivity index (χ3v) is 2.73. The van der Waals surface area contributed by atoms with E-state index in [-0.39, 0.29) is 22.9 Å². The number of benzene rings is 2. The summed E-state index contributed by atoms with van der Waals surface area (Å²) < 4.78 is 31.6. The molecule has 0 bridgehead atoms. The molecule has 2 aromatic carbocycles. The molecule has 0 radical (unpaired) electrons. The van der Waals surface area contributed by atoms with Crippen molar-refractivity contribution in [2.45, 2.75) is 6.61 Å². The quantitative estimate of drug-likeness (QED) is 0.792. The third-order valence-electron chi connectivity index (χ3n) is 2.42. The van der Waals surface area contributed by atoms with Gasteiger partial charge in [-0.2, -0.15) is 0 Å². The summed E-state index contributed by atoms with van der Waals surface area (Å²) in [6.45, 7) is 0.0514. The van der Waals surface area contributed by atoms with Crippen molar-refractivity contribution in [2.75, 3.05) is 0 Å². The van der Waals surface area contributed by atoms with E-state index in [9.17, 15) is 13.6 Å². The van der Waals surface area contributed by atoms with Crippen molar-refractivity contribution in [3.63, 3.8) is 0 Å². The van der Waals surface area contributed by atoms with Crippen LogP contribution in [-0.2, 0) is 6.61 Å². The minimum atomic E-state index is -0.568. The molecule has 0 amide bonds. The van der Waals surface area contributed by atoms with E-state index >= 15 is 0 Å². The SMILES string of the molecule is O=Cc1cc(F)cc(OCc2ccc(Cl)c(F)c2)c1. The molecular formula is C14H9ClF2O2. The molecule has 2 aromatic rings. The van der Waals surface area contributed by atoms with Gasteiger partial charge in [0.1, 0.15) is 30.3 Å². The lowest BCUT2D eigenvalue weighted by Crippen LogP contribution is -1.97. The highest BCUT2D eigenvalue weighted by Gasteiger charge is 2.04. The Morgan fingerprint density at radius 2 is 1.95 bits per heavy atom. The fourth-order valence-corrected chi connectivity index (χ4v) is 1.65. The lowest BCUT2D eigenvalue weighted by molar-refractivity contribution is 0.112. The van der Waals surface area contributed by atoms with E-state index in [0.29, 0.717) is 11.8 Å². The molecule has 0 N–H and O–H groups in total. The van der Waals surface area contributed by atoms with Crippen molar-refractivity contribution in [3.8, 4) is 5.75 Å². The number of carbonyl (C=O) groups excluding carboxylic acids is 1. The van der Waals surface area contributed by atoms with Crippen molar-refractivity contribution in [1.82, 2.24) is 0 Å². The zero-order valence-corrected chi connectivity index (χ0v) is 10.5. The van der Waals surface area contributed by atoms with E-state index in [0.717, 1.165) is 12.1 Å². The molecule has 0 aliphatic rings. The first-order valence-corrected chi connectivity index (χ1v) is 5.79. The molecule has 0 saturated carbocycles. The van der Waals surface area contributed by atoms with Gasteiger partial charge in [0, 0.05) is 11.6 Å². The highest BCUT2D eigenvalue weighted by Crippen LogP contribution is 2.19. The zero-order valence-electron chi connectivity index (χ0n) is 9.70. The molecule has 19 heavy (non-hydrogen) atoms. The van der Waals surface area contributed by atoms with Gasteiger partial charge in [-0.25, -0.2) is 8.78 Å². The lowest BCUT2D eigenvalue weighted by atomic mass is 10.2. The number of halogens is 3. The Morgan fingerprint density at radius 1 is 1.16 bits per heavy atom. The van der Waals surface area contributed by atoms with E-state index in [1.54, 1.807) is 6.07 Å². The van der Waals surface area contributed by atoms with Gasteiger partial charge in [0.25, 0.3) is 0 Å². The van der Waals surface area contributed by atoms with Gasteiger partial charge in [-0.1, -0.05) is 17.7 Å². The second-order valence-corrected chi connectivity index (χ2v) is 4.28. The molecule has 0 atom stereocenters. The van der Waals surface area contributed by atoms with Gasteiger partial charge in [-0.05, 0) is 29.8 Å². The van der Waals surface area contributed by atoms with E-state index < -0.39 is 11.6 Å². The van der Waals surface area contributed by atoms with E-state index in [1.165, 1.54) is 18.2 Å². The third kappa shape index (κ3) is 3.51. The predicted octanol–water partition coefficient (Wildman–Crippen LogP) is 4.01. The number of hydrogen-bond donors (Lipinski definition) is 0. The summed E-state index contributed by atoms with van der Waals surface area (Å²) in [6.07, 6.45) is 0.526. The van der Waals surface area contributed by atoms with Crippen LogP contribution in [-0.4, -0.2) is 6.29 Å². The average molecular weight is 283 g/mol. The summed E-state index contributed by atoms with van der Waals surface area (Å²) in [5, 5.41) is 0.0257. The Balaban J connectivity index is 2.11. The minimum absolute atomic E-state index is 0.0257. The van der Waals surface area contributed by atoms with Crippen molar-refractivity contribution in [3.05, 3.63) is 64.2 Å². The number of carbonyl (C=O) groups is 1. The fraction of sp³-hybridized carbons (Fsp3) is 0.0714. The van der Waals surface area contributed by atoms with Gasteiger partial charge in [-0.3, -0.25) is 4.79 Å². The number of aldehydes is 1. The molecule has 2 nitrogen and oxygen atoms in total. The Kier molecular flexibility index (Phi) is 4.12. The maximum absolute atomic E-state index is 13.2. The van der Waals surface area contributed by atoms with Gasteiger partial charge in [-0.15, -0.1) is 0 Å². The Labute approximate surface area is 113 Å². The topological polar surface area (TPSA) is 26.3 Å². The minimum Gasteiger partial charge on any atom is -0.489 e. The predicted molar refractivity (Wildman–Crippen MR) is 67.5 cm³/mol. The van der Waals surface area contributed by atoms with Crippen molar-refractivity contribution in [2.24, 2.45) is 0 Å². The van der Waals surface area contributed by atoms with E-state index in [4.69, 9.17) is 16.3 Å². The Morgan fingerprint density at radius 3 is 2.63 bits per heavy atom. The average Bonchev–Trinajstić information content (AvgIpc) is 2.39. The molecule has 5 heteroatoms. The molecule has 0 heterocycles. The van der Waals surface area contributed by atoms with Crippen LogP contribution < -0.4 is 4.74 Å². The Hall–Kier alpha value is -1.94. The van der Waals surface area contributed by atoms with Crippen LogP contribution in [0.25, 0.3) is 0 Å². The largest absolute Gasteiger partial charge is 0.489 e. The van der Waals surface area contributed by atoms with E-state index in [2.05, 4.69) is 0 Å². The highest BCUT2D eigenvalue weighted by atomic mass is 35.5. The van der Waals surface area contributed by atoms with Crippen molar-refractivity contribution < 1.29 is 18.3 Å². The number of hydrogen-bond acceptors (Lipinski definition) is 2. The van der Waals surface area contributed by atoms with E-state index in [1.807, 2.05) is 0 Å². The molecule has 0 unspecified atom stereocenters. The molecule has 0 aliphatic heterocycles. The lowest BCUT2D eigenvalue weighted by Gasteiger charge is -2.07. The van der Waals surface area contributed by atoms with Crippen LogP contribution in [0, 0.1) is 11.6 Å². The van der Waals surface area contributed by atoms with Crippen LogP contribution in [0.2, 0.25) is 5.02 Å². The van der Waals surface area contributed by atoms with Gasteiger partial charge >= 0.3 is 0 Å². The molecule has 0 aliphatic carbocycles. The molecular weight excluding hydrogens is 274 g/mol. The summed E-state index contributed by atoms with van der Waals surface area (Å²) in [5.74, 6) is -0.907. The number of rotatable bonds is 4. The summed E-state index contributed by atoms with van der Waals surface area (Å²) in [4.78, 5) is 10.6. The summed E-state index contributed by atoms with van der Waals surface area (Å²) in [5.41, 5.74) is 0.733. The second kappa shape index (κ2) is 5.80. The van der Waals surface area contributed by atoms with Crippen LogP contribution in [0.1, 0.15) is 15.9 Å². The zero-order chi connectivity index (χ0) is 13.8. The van der Waals surface area contributed by atoms with Crippen LogP contribution in [0.3, 0.4) is 0 Å². The highest BCUT2D eigenvalue weighted by molar-refractivity contribution is 6.30. The van der Waals surface area contributed by atoms with Crippen LogP contribution >= 0.6 is 11.6 Å². The standard InChI is InChI=1S/C14H9ClF2O2/c15-13-2-1-9(5-14(13)17)8-19-12-4-10(7-18)3-11(16)6-12/h1-7H,8H2. The molecule has 98 valence electrons. The van der Waals surface area contributed by atoms with Gasteiger partial charge < -0.3 is 4.74 Å². The normalized spacial score (nSPS) is 10.3. The molecule has 0 spiro atoms. The van der Waals surface area contributed by atoms with Gasteiger partial charge in [0.15, 0.2) is 0 Å². The summed E-state index contributed by atoms with van der Waals surface area (Å²) >= 11 is 5.55.